The van der Waals surface area contributed by atoms with Gasteiger partial charge in [0.15, 0.2) is 0 Å². The lowest BCUT2D eigenvalue weighted by atomic mass is 10.2. The molecule has 0 unspecified atom stereocenters. The Kier molecular flexibility index (Phi) is 6.06. The van der Waals surface area contributed by atoms with E-state index < -0.39 is 0 Å². The van der Waals surface area contributed by atoms with E-state index >= 15 is 0 Å². The van der Waals surface area contributed by atoms with Crippen molar-refractivity contribution in [3.8, 4) is 5.75 Å². The Morgan fingerprint density at radius 1 is 1.12 bits per heavy atom. The number of carbonyl (C=O) groups is 2. The number of nitrogens with zero attached hydrogens (tertiary/aromatic N) is 1. The lowest BCUT2D eigenvalue weighted by molar-refractivity contribution is -0.120. The summed E-state index contributed by atoms with van der Waals surface area (Å²) in [6.07, 6.45) is 0. The van der Waals surface area contributed by atoms with Gasteiger partial charge in [0.05, 0.1) is 7.11 Å². The molecular weight excluding hydrogens is 351 g/mol. The van der Waals surface area contributed by atoms with E-state index in [9.17, 15) is 9.59 Å². The van der Waals surface area contributed by atoms with Gasteiger partial charge in [-0.25, -0.2) is 0 Å². The van der Waals surface area contributed by atoms with Gasteiger partial charge in [-0.2, -0.15) is 0 Å². The fourth-order valence-electron chi connectivity index (χ4n) is 2.12. The fraction of sp³-hybridized carbons (Fsp3) is 0.176. The lowest BCUT2D eigenvalue weighted by Crippen LogP contribution is -2.36. The first-order valence-electron chi connectivity index (χ1n) is 7.07. The third-order valence-corrected chi connectivity index (χ3v) is 3.63. The molecule has 0 radical (unpaired) electrons. The Balaban J connectivity index is 2.15. The minimum atomic E-state index is -0.352. The molecule has 0 saturated heterocycles. The number of anilines is 2. The maximum Gasteiger partial charge on any atom is 0.244 e. The molecule has 1 N–H and O–H groups in total. The summed E-state index contributed by atoms with van der Waals surface area (Å²) in [6.45, 7) is 1.21. The molecule has 0 atom stereocenters. The molecule has 0 saturated carbocycles. The molecule has 0 aliphatic carbocycles. The van der Waals surface area contributed by atoms with Gasteiger partial charge in [-0.05, 0) is 30.3 Å². The van der Waals surface area contributed by atoms with Crippen LogP contribution in [0.25, 0.3) is 0 Å². The third-order valence-electron chi connectivity index (χ3n) is 3.19. The van der Waals surface area contributed by atoms with Gasteiger partial charge >= 0.3 is 0 Å². The number of hydrogen-bond donors (Lipinski definition) is 1. The molecule has 2 aromatic rings. The first kappa shape index (κ1) is 18.1. The topological polar surface area (TPSA) is 58.6 Å². The van der Waals surface area contributed by atoms with Crippen molar-refractivity contribution in [2.75, 3.05) is 23.9 Å². The second kappa shape index (κ2) is 8.04. The Morgan fingerprint density at radius 3 is 2.38 bits per heavy atom. The Labute approximate surface area is 150 Å². The van der Waals surface area contributed by atoms with Crippen molar-refractivity contribution in [3.63, 3.8) is 0 Å². The number of benzene rings is 2. The predicted octanol–water partition coefficient (Wildman–Crippen LogP) is 3.99. The second-order valence-electron chi connectivity index (χ2n) is 5.01. The highest BCUT2D eigenvalue weighted by atomic mass is 35.5. The number of ether oxygens (including phenoxy) is 1. The first-order chi connectivity index (χ1) is 11.4. The Morgan fingerprint density at radius 2 is 1.79 bits per heavy atom. The molecule has 0 aliphatic rings. The zero-order valence-electron chi connectivity index (χ0n) is 13.2. The lowest BCUT2D eigenvalue weighted by Gasteiger charge is -2.21. The highest BCUT2D eigenvalue weighted by molar-refractivity contribution is 6.35. The highest BCUT2D eigenvalue weighted by Gasteiger charge is 2.17. The Bertz CT molecular complexity index is 745. The van der Waals surface area contributed by atoms with Crippen LogP contribution in [0.1, 0.15) is 6.92 Å². The largest absolute Gasteiger partial charge is 0.497 e. The summed E-state index contributed by atoms with van der Waals surface area (Å²) in [5.41, 5.74) is 1.03. The summed E-state index contributed by atoms with van der Waals surface area (Å²) in [4.78, 5) is 25.5. The van der Waals surface area contributed by atoms with E-state index in [-0.39, 0.29) is 18.4 Å². The van der Waals surface area contributed by atoms with Crippen molar-refractivity contribution in [1.29, 1.82) is 0 Å². The SMILES string of the molecule is COc1cccc(NC(=O)CN(C(C)=O)c2cc(Cl)cc(Cl)c2)c1. The molecule has 0 spiro atoms. The number of amides is 2. The monoisotopic (exact) mass is 366 g/mol. The summed E-state index contributed by atoms with van der Waals surface area (Å²) < 4.78 is 5.11. The standard InChI is InChI=1S/C17H16Cl2N2O3/c1-11(22)21(15-7-12(18)6-13(19)8-15)10-17(23)20-14-4-3-5-16(9-14)24-2/h3-9H,10H2,1-2H3,(H,20,23). The van der Waals surface area contributed by atoms with Crippen molar-refractivity contribution >= 4 is 46.4 Å². The molecule has 0 aromatic heterocycles. The van der Waals surface area contributed by atoms with Crippen LogP contribution in [-0.4, -0.2) is 25.5 Å². The predicted molar refractivity (Wildman–Crippen MR) is 96.1 cm³/mol. The molecule has 0 heterocycles. The van der Waals surface area contributed by atoms with Gasteiger partial charge in [0.1, 0.15) is 12.3 Å². The zero-order valence-corrected chi connectivity index (χ0v) is 14.7. The molecule has 24 heavy (non-hydrogen) atoms. The van der Waals surface area contributed by atoms with Gasteiger partial charge in [-0.3, -0.25) is 9.59 Å². The quantitative estimate of drug-likeness (QED) is 0.869. The number of carbonyl (C=O) groups excluding carboxylic acids is 2. The summed E-state index contributed by atoms with van der Waals surface area (Å²) in [5, 5.41) is 3.49. The van der Waals surface area contributed by atoms with E-state index in [1.807, 2.05) is 0 Å². The summed E-state index contributed by atoms with van der Waals surface area (Å²) >= 11 is 11.9. The van der Waals surface area contributed by atoms with Gasteiger partial charge < -0.3 is 15.0 Å². The molecule has 0 fully saturated rings. The van der Waals surface area contributed by atoms with E-state index in [2.05, 4.69) is 5.32 Å². The number of halogens is 2. The zero-order chi connectivity index (χ0) is 17.7. The number of nitrogens with one attached hydrogen (secondary N) is 1. The average Bonchev–Trinajstić information content (AvgIpc) is 2.51. The van der Waals surface area contributed by atoms with E-state index in [4.69, 9.17) is 27.9 Å². The van der Waals surface area contributed by atoms with E-state index in [1.165, 1.54) is 11.8 Å². The number of hydrogen-bond acceptors (Lipinski definition) is 3. The molecular formula is C17H16Cl2N2O3. The van der Waals surface area contributed by atoms with Gasteiger partial charge in [-0.1, -0.05) is 29.3 Å². The van der Waals surface area contributed by atoms with Crippen LogP contribution in [0.15, 0.2) is 42.5 Å². The smallest absolute Gasteiger partial charge is 0.244 e. The van der Waals surface area contributed by atoms with Crippen LogP contribution in [-0.2, 0) is 9.59 Å². The van der Waals surface area contributed by atoms with Gasteiger partial charge in [0, 0.05) is 34.4 Å². The number of rotatable bonds is 5. The molecule has 2 rings (SSSR count). The van der Waals surface area contributed by atoms with Crippen LogP contribution in [0.2, 0.25) is 10.0 Å². The van der Waals surface area contributed by atoms with Gasteiger partial charge in [0.2, 0.25) is 11.8 Å². The fourth-order valence-corrected chi connectivity index (χ4v) is 2.64. The molecule has 126 valence electrons. The van der Waals surface area contributed by atoms with E-state index in [0.29, 0.717) is 27.2 Å². The molecule has 2 aromatic carbocycles. The first-order valence-corrected chi connectivity index (χ1v) is 7.82. The van der Waals surface area contributed by atoms with Crippen molar-refractivity contribution < 1.29 is 14.3 Å². The third kappa shape index (κ3) is 4.88. The van der Waals surface area contributed by atoms with E-state index in [0.717, 1.165) is 0 Å². The summed E-state index contributed by atoms with van der Waals surface area (Å²) in [5.74, 6) is -0.0264. The van der Waals surface area contributed by atoms with Crippen molar-refractivity contribution in [1.82, 2.24) is 0 Å². The minimum Gasteiger partial charge on any atom is -0.497 e. The minimum absolute atomic E-state index is 0.163. The van der Waals surface area contributed by atoms with Crippen LogP contribution in [0.4, 0.5) is 11.4 Å². The van der Waals surface area contributed by atoms with Crippen molar-refractivity contribution in [3.05, 3.63) is 52.5 Å². The Hall–Kier alpha value is -2.24. The maximum atomic E-state index is 12.3. The van der Waals surface area contributed by atoms with Crippen molar-refractivity contribution in [2.45, 2.75) is 6.92 Å². The normalized spacial score (nSPS) is 10.2. The molecule has 5 nitrogen and oxygen atoms in total. The molecule has 0 bridgehead atoms. The highest BCUT2D eigenvalue weighted by Crippen LogP contribution is 2.25. The number of methoxy groups -OCH3 is 1. The average molecular weight is 367 g/mol. The molecule has 7 heteroatoms. The van der Waals surface area contributed by atoms with Gasteiger partial charge in [-0.15, -0.1) is 0 Å². The van der Waals surface area contributed by atoms with Crippen LogP contribution < -0.4 is 15.0 Å². The molecule has 2 amide bonds. The van der Waals surface area contributed by atoms with Gasteiger partial charge in [0.25, 0.3) is 0 Å². The van der Waals surface area contributed by atoms with Crippen LogP contribution in [0, 0.1) is 0 Å². The molecule has 0 aliphatic heterocycles. The van der Waals surface area contributed by atoms with E-state index in [1.54, 1.807) is 49.6 Å². The summed E-state index contributed by atoms with van der Waals surface area (Å²) in [6, 6.07) is 11.7. The van der Waals surface area contributed by atoms with Crippen LogP contribution >= 0.6 is 23.2 Å². The maximum absolute atomic E-state index is 12.3. The van der Waals surface area contributed by atoms with Crippen molar-refractivity contribution in [2.24, 2.45) is 0 Å². The second-order valence-corrected chi connectivity index (χ2v) is 5.89. The van der Waals surface area contributed by atoms with Crippen LogP contribution in [0.3, 0.4) is 0 Å². The summed E-state index contributed by atoms with van der Waals surface area (Å²) in [7, 11) is 1.54. The van der Waals surface area contributed by atoms with Crippen LogP contribution in [0.5, 0.6) is 5.75 Å².